The molecule has 0 aromatic heterocycles. The summed E-state index contributed by atoms with van der Waals surface area (Å²) in [6, 6.07) is 0. The Bertz CT molecular complexity index is 490. The molecule has 0 saturated heterocycles. The van der Waals surface area contributed by atoms with E-state index in [-0.39, 0.29) is 0 Å². The summed E-state index contributed by atoms with van der Waals surface area (Å²) in [4.78, 5) is 4.54. The van der Waals surface area contributed by atoms with Gasteiger partial charge in [0.05, 0.1) is 12.9 Å². The molecule has 1 aliphatic rings. The number of aliphatic imine (C=N–C) groups is 1. The first-order chi connectivity index (χ1) is 10.4. The van der Waals surface area contributed by atoms with E-state index >= 15 is 0 Å². The van der Waals surface area contributed by atoms with Crippen LogP contribution in [0, 0.1) is 11.8 Å². The Kier molecular flexibility index (Phi) is 7.64. The summed E-state index contributed by atoms with van der Waals surface area (Å²) in [7, 11) is 1.90. The maximum atomic E-state index is 4.54. The Morgan fingerprint density at radius 1 is 1.27 bits per heavy atom. The summed E-state index contributed by atoms with van der Waals surface area (Å²) in [6.07, 6.45) is 7.71. The highest BCUT2D eigenvalue weighted by molar-refractivity contribution is 5.54. The number of rotatable bonds is 4. The van der Waals surface area contributed by atoms with Crippen LogP contribution >= 0.6 is 0 Å². The molecule has 0 heterocycles. The molecule has 2 nitrogen and oxygen atoms in total. The molecule has 0 bridgehead atoms. The number of hydrogen-bond donors (Lipinski definition) is 1. The third kappa shape index (κ3) is 5.15. The monoisotopic (exact) mass is 302 g/mol. The van der Waals surface area contributed by atoms with Gasteiger partial charge in [0, 0.05) is 7.05 Å². The molecule has 22 heavy (non-hydrogen) atoms. The SMILES string of the molecule is CN/C=N\CC1=C(\C)CC/C(C)=C\CC(C)/C(C(C)C)=C\1C. The van der Waals surface area contributed by atoms with Gasteiger partial charge in [-0.05, 0) is 63.0 Å². The van der Waals surface area contributed by atoms with Crippen LogP contribution in [0.1, 0.15) is 60.8 Å². The van der Waals surface area contributed by atoms with Gasteiger partial charge >= 0.3 is 0 Å². The molecule has 0 amide bonds. The molecule has 1 aliphatic carbocycles. The summed E-state index contributed by atoms with van der Waals surface area (Å²) >= 11 is 0. The van der Waals surface area contributed by atoms with E-state index in [2.05, 4.69) is 57.9 Å². The summed E-state index contributed by atoms with van der Waals surface area (Å²) in [5.41, 5.74) is 7.52. The molecule has 0 radical (unpaired) electrons. The van der Waals surface area contributed by atoms with Gasteiger partial charge in [0.15, 0.2) is 0 Å². The number of allylic oxidation sites excluding steroid dienone is 4. The van der Waals surface area contributed by atoms with Crippen molar-refractivity contribution in [1.82, 2.24) is 5.32 Å². The molecule has 1 rings (SSSR count). The quantitative estimate of drug-likeness (QED) is 0.426. The third-order valence-electron chi connectivity index (χ3n) is 4.74. The molecule has 0 spiro atoms. The van der Waals surface area contributed by atoms with E-state index in [0.29, 0.717) is 11.8 Å². The Balaban J connectivity index is 3.34. The van der Waals surface area contributed by atoms with Gasteiger partial charge in [0.1, 0.15) is 0 Å². The minimum atomic E-state index is 0.583. The first-order valence-corrected chi connectivity index (χ1v) is 8.59. The van der Waals surface area contributed by atoms with Crippen LogP contribution in [0.4, 0.5) is 0 Å². The van der Waals surface area contributed by atoms with E-state index in [1.54, 1.807) is 11.9 Å². The van der Waals surface area contributed by atoms with Crippen LogP contribution in [0.15, 0.2) is 38.9 Å². The van der Waals surface area contributed by atoms with Crippen molar-refractivity contribution >= 4 is 6.34 Å². The molecule has 0 saturated carbocycles. The maximum Gasteiger partial charge on any atom is 0.0825 e. The highest BCUT2D eigenvalue weighted by Crippen LogP contribution is 2.33. The van der Waals surface area contributed by atoms with Crippen LogP contribution in [0.25, 0.3) is 0 Å². The maximum absolute atomic E-state index is 4.54. The summed E-state index contributed by atoms with van der Waals surface area (Å²) in [6.45, 7) is 14.6. The van der Waals surface area contributed by atoms with Crippen molar-refractivity contribution in [3.63, 3.8) is 0 Å². The van der Waals surface area contributed by atoms with Gasteiger partial charge in [-0.3, -0.25) is 4.99 Å². The predicted octanol–water partition coefficient (Wildman–Crippen LogP) is 5.29. The van der Waals surface area contributed by atoms with Crippen LogP contribution in [0.2, 0.25) is 0 Å². The van der Waals surface area contributed by atoms with Crippen LogP contribution in [-0.2, 0) is 0 Å². The van der Waals surface area contributed by atoms with Crippen LogP contribution in [0.3, 0.4) is 0 Å². The Morgan fingerprint density at radius 2 is 1.95 bits per heavy atom. The molecular weight excluding hydrogens is 268 g/mol. The summed E-state index contributed by atoms with van der Waals surface area (Å²) < 4.78 is 0. The van der Waals surface area contributed by atoms with Gasteiger partial charge < -0.3 is 5.32 Å². The lowest BCUT2D eigenvalue weighted by Crippen LogP contribution is -2.12. The highest BCUT2D eigenvalue weighted by Gasteiger charge is 2.19. The van der Waals surface area contributed by atoms with Crippen molar-refractivity contribution in [3.05, 3.63) is 33.9 Å². The van der Waals surface area contributed by atoms with Crippen molar-refractivity contribution in [2.45, 2.75) is 60.8 Å². The lowest BCUT2D eigenvalue weighted by Gasteiger charge is -2.25. The van der Waals surface area contributed by atoms with Crippen LogP contribution in [-0.4, -0.2) is 19.9 Å². The number of nitrogens with zero attached hydrogens (tertiary/aromatic N) is 1. The zero-order chi connectivity index (χ0) is 16.7. The molecule has 1 unspecified atom stereocenters. The van der Waals surface area contributed by atoms with E-state index in [1.807, 2.05) is 7.05 Å². The molecular formula is C20H34N2. The second-order valence-electron chi connectivity index (χ2n) is 6.94. The Labute approximate surface area is 137 Å². The van der Waals surface area contributed by atoms with E-state index in [4.69, 9.17) is 0 Å². The lowest BCUT2D eigenvalue weighted by atomic mass is 9.81. The Hall–Kier alpha value is -1.31. The molecule has 1 N–H and O–H groups in total. The summed E-state index contributed by atoms with van der Waals surface area (Å²) in [5, 5.41) is 3.00. The topological polar surface area (TPSA) is 24.4 Å². The van der Waals surface area contributed by atoms with Crippen molar-refractivity contribution < 1.29 is 0 Å². The van der Waals surface area contributed by atoms with Crippen molar-refractivity contribution in [1.29, 1.82) is 0 Å². The number of nitrogens with one attached hydrogen (secondary N) is 1. The first-order valence-electron chi connectivity index (χ1n) is 8.59. The second-order valence-corrected chi connectivity index (χ2v) is 6.94. The van der Waals surface area contributed by atoms with E-state index in [1.165, 1.54) is 28.7 Å². The van der Waals surface area contributed by atoms with Gasteiger partial charge in [-0.2, -0.15) is 0 Å². The fourth-order valence-electron chi connectivity index (χ4n) is 3.49. The first kappa shape index (κ1) is 18.7. The van der Waals surface area contributed by atoms with Gasteiger partial charge in [0.25, 0.3) is 0 Å². The van der Waals surface area contributed by atoms with E-state index in [0.717, 1.165) is 19.4 Å². The van der Waals surface area contributed by atoms with Crippen molar-refractivity contribution in [2.24, 2.45) is 16.8 Å². The zero-order valence-corrected chi connectivity index (χ0v) is 15.6. The molecule has 0 fully saturated rings. The smallest absolute Gasteiger partial charge is 0.0825 e. The van der Waals surface area contributed by atoms with Crippen molar-refractivity contribution in [3.8, 4) is 0 Å². The van der Waals surface area contributed by atoms with Gasteiger partial charge in [-0.1, -0.05) is 43.6 Å². The third-order valence-corrected chi connectivity index (χ3v) is 4.74. The molecule has 1 atom stereocenters. The molecule has 124 valence electrons. The second kappa shape index (κ2) is 8.97. The minimum Gasteiger partial charge on any atom is -0.380 e. The largest absolute Gasteiger partial charge is 0.380 e. The van der Waals surface area contributed by atoms with Crippen LogP contribution < -0.4 is 5.32 Å². The standard InChI is InChI=1S/C20H34N2/c1-14(2)20-17(5)11-9-15(3)8-10-16(4)19(18(20)6)12-22-13-21-7/h9,13-14,17H,8,10-12H2,1-7H3,(H,21,22)/b15-9-,19-16-,20-18-. The van der Waals surface area contributed by atoms with E-state index in [9.17, 15) is 0 Å². The predicted molar refractivity (Wildman–Crippen MR) is 99.4 cm³/mol. The molecule has 0 aromatic carbocycles. The Morgan fingerprint density at radius 3 is 2.55 bits per heavy atom. The zero-order valence-electron chi connectivity index (χ0n) is 15.6. The molecule has 0 aliphatic heterocycles. The van der Waals surface area contributed by atoms with Gasteiger partial charge in [-0.25, -0.2) is 0 Å². The van der Waals surface area contributed by atoms with Crippen LogP contribution in [0.5, 0.6) is 0 Å². The van der Waals surface area contributed by atoms with Gasteiger partial charge in [0.2, 0.25) is 0 Å². The fourth-order valence-corrected chi connectivity index (χ4v) is 3.49. The molecule has 0 aromatic rings. The summed E-state index contributed by atoms with van der Waals surface area (Å²) in [5.74, 6) is 1.18. The fraction of sp³-hybridized carbons (Fsp3) is 0.650. The minimum absolute atomic E-state index is 0.583. The van der Waals surface area contributed by atoms with Gasteiger partial charge in [-0.15, -0.1) is 0 Å². The average Bonchev–Trinajstić information content (AvgIpc) is 2.46. The van der Waals surface area contributed by atoms with Crippen molar-refractivity contribution in [2.75, 3.05) is 13.6 Å². The number of hydrogen-bond acceptors (Lipinski definition) is 1. The van der Waals surface area contributed by atoms with E-state index < -0.39 is 0 Å². The molecule has 2 heteroatoms. The highest BCUT2D eigenvalue weighted by atomic mass is 14.9. The average molecular weight is 303 g/mol. The normalized spacial score (nSPS) is 30.5. The lowest BCUT2D eigenvalue weighted by molar-refractivity contribution is 0.577.